The number of carbonyl (C=O) groups is 1. The lowest BCUT2D eigenvalue weighted by atomic mass is 10.1. The Balaban J connectivity index is 1.72. The molecule has 0 aromatic rings. The van der Waals surface area contributed by atoms with E-state index < -0.39 is 0 Å². The minimum Gasteiger partial charge on any atom is -0.380 e. The molecule has 2 rings (SSSR count). The average Bonchev–Trinajstić information content (AvgIpc) is 3.07. The van der Waals surface area contributed by atoms with Crippen molar-refractivity contribution in [2.24, 2.45) is 11.7 Å². The van der Waals surface area contributed by atoms with Gasteiger partial charge in [0.25, 0.3) is 0 Å². The van der Waals surface area contributed by atoms with Gasteiger partial charge in [-0.1, -0.05) is 0 Å². The van der Waals surface area contributed by atoms with E-state index in [1.807, 2.05) is 4.90 Å². The summed E-state index contributed by atoms with van der Waals surface area (Å²) in [5, 5.41) is 0. The number of hydrogen-bond donors (Lipinski definition) is 1. The highest BCUT2D eigenvalue weighted by atomic mass is 16.5. The lowest BCUT2D eigenvalue weighted by Gasteiger charge is -2.22. The fourth-order valence-electron chi connectivity index (χ4n) is 3.13. The number of rotatable bonds is 6. The van der Waals surface area contributed by atoms with Crippen LogP contribution in [-0.2, 0) is 9.53 Å². The molecule has 2 heterocycles. The molecule has 0 radical (unpaired) electrons. The molecule has 0 saturated carbocycles. The molecular formula is C14H27N3O2. The number of ether oxygens (including phenoxy) is 1. The van der Waals surface area contributed by atoms with Crippen LogP contribution in [0.1, 0.15) is 25.7 Å². The predicted molar refractivity (Wildman–Crippen MR) is 74.8 cm³/mol. The standard InChI is InChI=1S/C14H27N3O2/c1-19-13(9-15)8-14(18)17-7-4-12(11-17)10-16-5-2-3-6-16/h12-13H,2-11,15H2,1H3. The highest BCUT2D eigenvalue weighted by molar-refractivity contribution is 5.77. The van der Waals surface area contributed by atoms with Crippen LogP contribution in [0.2, 0.25) is 0 Å². The second-order valence-corrected chi connectivity index (χ2v) is 5.80. The Labute approximate surface area is 116 Å². The van der Waals surface area contributed by atoms with Crippen LogP contribution in [0.5, 0.6) is 0 Å². The zero-order valence-corrected chi connectivity index (χ0v) is 12.0. The van der Waals surface area contributed by atoms with Gasteiger partial charge in [0.05, 0.1) is 12.5 Å². The highest BCUT2D eigenvalue weighted by Crippen LogP contribution is 2.20. The summed E-state index contributed by atoms with van der Waals surface area (Å²) in [6.45, 7) is 5.86. The van der Waals surface area contributed by atoms with E-state index >= 15 is 0 Å². The van der Waals surface area contributed by atoms with Crippen LogP contribution < -0.4 is 5.73 Å². The molecule has 5 heteroatoms. The molecule has 0 spiro atoms. The molecule has 0 bridgehead atoms. The number of hydrogen-bond acceptors (Lipinski definition) is 4. The number of amides is 1. The van der Waals surface area contributed by atoms with Crippen LogP contribution in [0.4, 0.5) is 0 Å². The van der Waals surface area contributed by atoms with Gasteiger partial charge in [0.1, 0.15) is 0 Å². The van der Waals surface area contributed by atoms with Gasteiger partial charge in [0.2, 0.25) is 5.91 Å². The van der Waals surface area contributed by atoms with Crippen molar-refractivity contribution in [3.05, 3.63) is 0 Å². The van der Waals surface area contributed by atoms with E-state index in [-0.39, 0.29) is 12.0 Å². The average molecular weight is 269 g/mol. The first kappa shape index (κ1) is 14.8. The largest absolute Gasteiger partial charge is 0.380 e. The van der Waals surface area contributed by atoms with Crippen LogP contribution in [0.3, 0.4) is 0 Å². The van der Waals surface area contributed by atoms with E-state index in [0.717, 1.165) is 26.1 Å². The molecule has 110 valence electrons. The molecule has 2 aliphatic heterocycles. The number of nitrogens with zero attached hydrogens (tertiary/aromatic N) is 2. The normalized spacial score (nSPS) is 26.0. The molecule has 2 N–H and O–H groups in total. The lowest BCUT2D eigenvalue weighted by molar-refractivity contribution is -0.132. The zero-order chi connectivity index (χ0) is 13.7. The summed E-state index contributed by atoms with van der Waals surface area (Å²) in [6.07, 6.45) is 4.10. The summed E-state index contributed by atoms with van der Waals surface area (Å²) in [4.78, 5) is 16.7. The van der Waals surface area contributed by atoms with Gasteiger partial charge in [-0.15, -0.1) is 0 Å². The third kappa shape index (κ3) is 4.16. The Hall–Kier alpha value is -0.650. The van der Waals surface area contributed by atoms with Gasteiger partial charge in [0, 0.05) is 33.3 Å². The number of nitrogens with two attached hydrogens (primary N) is 1. The monoisotopic (exact) mass is 269 g/mol. The molecule has 1 amide bonds. The van der Waals surface area contributed by atoms with Crippen molar-refractivity contribution in [2.75, 3.05) is 46.4 Å². The lowest BCUT2D eigenvalue weighted by Crippen LogP contribution is -2.35. The molecule has 5 nitrogen and oxygen atoms in total. The summed E-state index contributed by atoms with van der Waals surface area (Å²) in [6, 6.07) is 0. The highest BCUT2D eigenvalue weighted by Gasteiger charge is 2.29. The fraction of sp³-hybridized carbons (Fsp3) is 0.929. The van der Waals surface area contributed by atoms with Gasteiger partial charge in [-0.2, -0.15) is 0 Å². The van der Waals surface area contributed by atoms with Crippen molar-refractivity contribution < 1.29 is 9.53 Å². The summed E-state index contributed by atoms with van der Waals surface area (Å²) in [7, 11) is 1.62. The Morgan fingerprint density at radius 1 is 1.37 bits per heavy atom. The van der Waals surface area contributed by atoms with Gasteiger partial charge in [0.15, 0.2) is 0 Å². The Morgan fingerprint density at radius 2 is 2.11 bits per heavy atom. The molecule has 2 unspecified atom stereocenters. The molecule has 0 aliphatic carbocycles. The Bertz CT molecular complexity index is 288. The minimum absolute atomic E-state index is 0.134. The summed E-state index contributed by atoms with van der Waals surface area (Å²) in [5.74, 6) is 0.849. The summed E-state index contributed by atoms with van der Waals surface area (Å²) in [5.41, 5.74) is 5.56. The van der Waals surface area contributed by atoms with Crippen molar-refractivity contribution in [3.8, 4) is 0 Å². The Kier molecular flexibility index (Phi) is 5.60. The van der Waals surface area contributed by atoms with Gasteiger partial charge in [-0.05, 0) is 38.3 Å². The van der Waals surface area contributed by atoms with Gasteiger partial charge >= 0.3 is 0 Å². The van der Waals surface area contributed by atoms with Crippen molar-refractivity contribution in [1.29, 1.82) is 0 Å². The van der Waals surface area contributed by atoms with E-state index in [4.69, 9.17) is 10.5 Å². The van der Waals surface area contributed by atoms with Gasteiger partial charge < -0.3 is 20.3 Å². The van der Waals surface area contributed by atoms with Crippen LogP contribution in [0.15, 0.2) is 0 Å². The number of likely N-dealkylation sites (tertiary alicyclic amines) is 2. The maximum Gasteiger partial charge on any atom is 0.225 e. The Morgan fingerprint density at radius 3 is 2.74 bits per heavy atom. The third-order valence-electron chi connectivity index (χ3n) is 4.35. The molecule has 0 aromatic heterocycles. The first-order chi connectivity index (χ1) is 9.22. The van der Waals surface area contributed by atoms with Crippen LogP contribution >= 0.6 is 0 Å². The van der Waals surface area contributed by atoms with E-state index in [1.165, 1.54) is 25.9 Å². The second kappa shape index (κ2) is 7.22. The van der Waals surface area contributed by atoms with Crippen molar-refractivity contribution in [1.82, 2.24) is 9.80 Å². The second-order valence-electron chi connectivity index (χ2n) is 5.80. The summed E-state index contributed by atoms with van der Waals surface area (Å²) >= 11 is 0. The van der Waals surface area contributed by atoms with Crippen molar-refractivity contribution in [3.63, 3.8) is 0 Å². The van der Waals surface area contributed by atoms with Gasteiger partial charge in [-0.3, -0.25) is 4.79 Å². The molecule has 2 aliphatic rings. The maximum absolute atomic E-state index is 12.1. The van der Waals surface area contributed by atoms with Crippen LogP contribution in [-0.4, -0.2) is 68.2 Å². The third-order valence-corrected chi connectivity index (χ3v) is 4.35. The number of carbonyl (C=O) groups excluding carboxylic acids is 1. The van der Waals surface area contributed by atoms with E-state index in [9.17, 15) is 4.79 Å². The minimum atomic E-state index is -0.134. The van der Waals surface area contributed by atoms with Crippen LogP contribution in [0.25, 0.3) is 0 Å². The van der Waals surface area contributed by atoms with Gasteiger partial charge in [-0.25, -0.2) is 0 Å². The predicted octanol–water partition coefficient (Wildman–Crippen LogP) is 0.295. The van der Waals surface area contributed by atoms with E-state index in [1.54, 1.807) is 7.11 Å². The molecule has 2 fully saturated rings. The van der Waals surface area contributed by atoms with Crippen molar-refractivity contribution >= 4 is 5.91 Å². The SMILES string of the molecule is COC(CN)CC(=O)N1CCC(CN2CCCC2)C1. The topological polar surface area (TPSA) is 58.8 Å². The van der Waals surface area contributed by atoms with Crippen molar-refractivity contribution in [2.45, 2.75) is 31.8 Å². The first-order valence-electron chi connectivity index (χ1n) is 7.46. The van der Waals surface area contributed by atoms with E-state index in [2.05, 4.69) is 4.90 Å². The molecular weight excluding hydrogens is 242 g/mol. The molecule has 19 heavy (non-hydrogen) atoms. The molecule has 2 saturated heterocycles. The maximum atomic E-state index is 12.1. The van der Waals surface area contributed by atoms with E-state index in [0.29, 0.717) is 18.9 Å². The fourth-order valence-corrected chi connectivity index (χ4v) is 3.13. The number of methoxy groups -OCH3 is 1. The summed E-state index contributed by atoms with van der Waals surface area (Å²) < 4.78 is 5.18. The van der Waals surface area contributed by atoms with Crippen LogP contribution in [0, 0.1) is 5.92 Å². The smallest absolute Gasteiger partial charge is 0.225 e. The quantitative estimate of drug-likeness (QED) is 0.753. The first-order valence-corrected chi connectivity index (χ1v) is 7.46. The molecule has 2 atom stereocenters. The molecule has 0 aromatic carbocycles. The zero-order valence-electron chi connectivity index (χ0n) is 12.0.